The van der Waals surface area contributed by atoms with Gasteiger partial charge in [0.1, 0.15) is 11.3 Å². The Balaban J connectivity index is 1.79. The van der Waals surface area contributed by atoms with Crippen molar-refractivity contribution in [2.75, 3.05) is 11.5 Å². The van der Waals surface area contributed by atoms with Gasteiger partial charge in [-0.15, -0.1) is 0 Å². The molecule has 1 aliphatic rings. The van der Waals surface area contributed by atoms with E-state index in [2.05, 4.69) is 51.6 Å². The van der Waals surface area contributed by atoms with E-state index >= 15 is 0 Å². The molecule has 0 amide bonds. The number of hydrogen-bond acceptors (Lipinski definition) is 3. The van der Waals surface area contributed by atoms with Crippen LogP contribution in [0.3, 0.4) is 0 Å². The molecule has 3 nitrogen and oxygen atoms in total. The summed E-state index contributed by atoms with van der Waals surface area (Å²) in [5.74, 6) is 4.33. The van der Waals surface area contributed by atoms with Crippen molar-refractivity contribution in [1.82, 2.24) is 14.5 Å². The van der Waals surface area contributed by atoms with Crippen LogP contribution < -0.4 is 0 Å². The Kier molecular flexibility index (Phi) is 3.85. The summed E-state index contributed by atoms with van der Waals surface area (Å²) in [7, 11) is 0. The van der Waals surface area contributed by atoms with Crippen LogP contribution in [-0.2, 0) is 6.54 Å². The number of hydrogen-bond donors (Lipinski definition) is 0. The van der Waals surface area contributed by atoms with Crippen LogP contribution in [0, 0.1) is 5.92 Å². The van der Waals surface area contributed by atoms with Crippen molar-refractivity contribution in [3.05, 3.63) is 48.7 Å². The van der Waals surface area contributed by atoms with Crippen molar-refractivity contribution in [3.8, 4) is 11.4 Å². The number of fused-ring (bicyclic) bond motifs is 1. The molecule has 112 valence electrons. The number of benzene rings is 1. The Hall–Kier alpha value is -1.81. The zero-order chi connectivity index (χ0) is 14.8. The molecule has 0 saturated carbocycles. The Morgan fingerprint density at radius 2 is 2.05 bits per heavy atom. The van der Waals surface area contributed by atoms with Crippen LogP contribution in [0.4, 0.5) is 0 Å². The van der Waals surface area contributed by atoms with Crippen molar-refractivity contribution in [2.24, 2.45) is 5.92 Å². The van der Waals surface area contributed by atoms with Gasteiger partial charge in [0.05, 0.1) is 0 Å². The van der Waals surface area contributed by atoms with Crippen LogP contribution in [-0.4, -0.2) is 26.0 Å². The summed E-state index contributed by atoms with van der Waals surface area (Å²) in [4.78, 5) is 9.43. The molecule has 1 fully saturated rings. The molecule has 0 bridgehead atoms. The first-order valence-electron chi connectivity index (χ1n) is 7.86. The second-order valence-electron chi connectivity index (χ2n) is 5.84. The quantitative estimate of drug-likeness (QED) is 0.725. The second kappa shape index (κ2) is 6.13. The zero-order valence-electron chi connectivity index (χ0n) is 12.5. The van der Waals surface area contributed by atoms with E-state index in [4.69, 9.17) is 4.98 Å². The smallest absolute Gasteiger partial charge is 0.160 e. The average molecular weight is 309 g/mol. The lowest BCUT2D eigenvalue weighted by atomic mass is 10.1. The van der Waals surface area contributed by atoms with Crippen molar-refractivity contribution in [1.29, 1.82) is 0 Å². The summed E-state index contributed by atoms with van der Waals surface area (Å²) in [6, 6.07) is 14.5. The van der Waals surface area contributed by atoms with Gasteiger partial charge in [0.2, 0.25) is 0 Å². The van der Waals surface area contributed by atoms with E-state index in [1.54, 1.807) is 0 Å². The van der Waals surface area contributed by atoms with Gasteiger partial charge in [0.25, 0.3) is 0 Å². The van der Waals surface area contributed by atoms with Gasteiger partial charge in [0.15, 0.2) is 5.65 Å². The molecule has 2 aromatic heterocycles. The van der Waals surface area contributed by atoms with Crippen LogP contribution in [0.5, 0.6) is 0 Å². The van der Waals surface area contributed by atoms with Gasteiger partial charge >= 0.3 is 0 Å². The largest absolute Gasteiger partial charge is 0.308 e. The predicted octanol–water partition coefficient (Wildman–Crippen LogP) is 4.24. The van der Waals surface area contributed by atoms with Gasteiger partial charge in [-0.3, -0.25) is 0 Å². The van der Waals surface area contributed by atoms with E-state index in [9.17, 15) is 0 Å². The highest BCUT2D eigenvalue weighted by atomic mass is 32.2. The number of imidazole rings is 1. The summed E-state index contributed by atoms with van der Waals surface area (Å²) >= 11 is 2.08. The summed E-state index contributed by atoms with van der Waals surface area (Å²) in [5, 5.41) is 0. The third-order valence-corrected chi connectivity index (χ3v) is 5.52. The first-order valence-corrected chi connectivity index (χ1v) is 9.02. The SMILES string of the molecule is c1ccc(-c2nc3cccnc3n2CC2CCCSC2)cc1. The summed E-state index contributed by atoms with van der Waals surface area (Å²) in [6.07, 6.45) is 4.51. The zero-order valence-corrected chi connectivity index (χ0v) is 13.3. The lowest BCUT2D eigenvalue weighted by Crippen LogP contribution is -2.18. The van der Waals surface area contributed by atoms with Gasteiger partial charge < -0.3 is 4.57 Å². The molecule has 0 radical (unpaired) electrons. The molecule has 1 atom stereocenters. The number of thioether (sulfide) groups is 1. The molecule has 0 aliphatic carbocycles. The summed E-state index contributed by atoms with van der Waals surface area (Å²) in [6.45, 7) is 1.02. The maximum Gasteiger partial charge on any atom is 0.160 e. The van der Waals surface area contributed by atoms with E-state index in [-0.39, 0.29) is 0 Å². The molecule has 0 N–H and O–H groups in total. The van der Waals surface area contributed by atoms with E-state index in [1.165, 1.54) is 29.9 Å². The fourth-order valence-corrected chi connectivity index (χ4v) is 4.29. The highest BCUT2D eigenvalue weighted by molar-refractivity contribution is 7.99. The Bertz CT molecular complexity index is 760. The van der Waals surface area contributed by atoms with Crippen LogP contribution >= 0.6 is 11.8 Å². The molecule has 22 heavy (non-hydrogen) atoms. The molecule has 1 aliphatic heterocycles. The fourth-order valence-electron chi connectivity index (χ4n) is 3.15. The Morgan fingerprint density at radius 1 is 1.14 bits per heavy atom. The molecule has 1 aromatic carbocycles. The standard InChI is InChI=1S/C18H19N3S/c1-2-7-15(8-3-1)17-20-16-9-4-10-19-18(16)21(17)12-14-6-5-11-22-13-14/h1-4,7-10,14H,5-6,11-13H2. The minimum Gasteiger partial charge on any atom is -0.308 e. The van der Waals surface area contributed by atoms with Crippen LogP contribution in [0.1, 0.15) is 12.8 Å². The molecule has 1 saturated heterocycles. The van der Waals surface area contributed by atoms with Gasteiger partial charge in [-0.25, -0.2) is 9.97 Å². The third kappa shape index (κ3) is 2.63. The second-order valence-corrected chi connectivity index (χ2v) is 6.99. The number of rotatable bonds is 3. The van der Waals surface area contributed by atoms with Crippen LogP contribution in [0.25, 0.3) is 22.6 Å². The molecule has 4 rings (SSSR count). The molecule has 4 heteroatoms. The highest BCUT2D eigenvalue weighted by Crippen LogP contribution is 2.29. The average Bonchev–Trinajstić information content (AvgIpc) is 2.95. The normalized spacial score (nSPS) is 18.6. The molecular weight excluding hydrogens is 290 g/mol. The first-order chi connectivity index (χ1) is 10.9. The topological polar surface area (TPSA) is 30.7 Å². The third-order valence-electron chi connectivity index (χ3n) is 4.23. The van der Waals surface area contributed by atoms with Crippen molar-refractivity contribution >= 4 is 22.9 Å². The monoisotopic (exact) mass is 309 g/mol. The number of pyridine rings is 1. The van der Waals surface area contributed by atoms with Crippen LogP contribution in [0.15, 0.2) is 48.7 Å². The van der Waals surface area contributed by atoms with Crippen LogP contribution in [0.2, 0.25) is 0 Å². The van der Waals surface area contributed by atoms with E-state index in [0.29, 0.717) is 0 Å². The number of nitrogens with zero attached hydrogens (tertiary/aromatic N) is 3. The maximum absolute atomic E-state index is 4.84. The molecule has 3 heterocycles. The molecule has 0 spiro atoms. The van der Waals surface area contributed by atoms with Gasteiger partial charge in [-0.1, -0.05) is 30.3 Å². The number of aromatic nitrogens is 3. The molecular formula is C18H19N3S. The van der Waals surface area contributed by atoms with E-state index in [1.807, 2.05) is 18.3 Å². The van der Waals surface area contributed by atoms with Crippen molar-refractivity contribution in [3.63, 3.8) is 0 Å². The van der Waals surface area contributed by atoms with E-state index in [0.717, 1.165) is 29.5 Å². The molecule has 3 aromatic rings. The van der Waals surface area contributed by atoms with Gasteiger partial charge in [-0.2, -0.15) is 11.8 Å². The first kappa shape index (κ1) is 13.8. The summed E-state index contributed by atoms with van der Waals surface area (Å²) in [5.41, 5.74) is 3.17. The van der Waals surface area contributed by atoms with Gasteiger partial charge in [0, 0.05) is 18.3 Å². The predicted molar refractivity (Wildman–Crippen MR) is 93.0 cm³/mol. The molecule has 1 unspecified atom stereocenters. The van der Waals surface area contributed by atoms with Gasteiger partial charge in [-0.05, 0) is 42.4 Å². The minimum absolute atomic E-state index is 0.723. The minimum atomic E-state index is 0.723. The summed E-state index contributed by atoms with van der Waals surface area (Å²) < 4.78 is 2.32. The maximum atomic E-state index is 4.84. The van der Waals surface area contributed by atoms with Crippen molar-refractivity contribution in [2.45, 2.75) is 19.4 Å². The Labute approximate surface area is 134 Å². The fraction of sp³-hybridized carbons (Fsp3) is 0.333. The highest BCUT2D eigenvalue weighted by Gasteiger charge is 2.19. The van der Waals surface area contributed by atoms with E-state index < -0.39 is 0 Å². The lowest BCUT2D eigenvalue weighted by Gasteiger charge is -2.22. The van der Waals surface area contributed by atoms with Crippen molar-refractivity contribution < 1.29 is 0 Å². The lowest BCUT2D eigenvalue weighted by molar-refractivity contribution is 0.453. The Morgan fingerprint density at radius 3 is 2.86 bits per heavy atom.